The summed E-state index contributed by atoms with van der Waals surface area (Å²) in [5, 5.41) is 4.17. The van der Waals surface area contributed by atoms with Gasteiger partial charge in [0.25, 0.3) is 0 Å². The van der Waals surface area contributed by atoms with Crippen LogP contribution in [-0.4, -0.2) is 35.1 Å². The van der Waals surface area contributed by atoms with Gasteiger partial charge in [-0.3, -0.25) is 9.59 Å². The van der Waals surface area contributed by atoms with Crippen LogP contribution in [0.25, 0.3) is 0 Å². The molecule has 3 rings (SSSR count). The molecule has 3 aromatic rings. The predicted octanol–water partition coefficient (Wildman–Crippen LogP) is 6.70. The van der Waals surface area contributed by atoms with E-state index in [1.54, 1.807) is 17.0 Å². The Labute approximate surface area is 228 Å². The lowest BCUT2D eigenvalue weighted by atomic mass is 10.0. The monoisotopic (exact) mass is 542 g/mol. The standard InChI is InChI=1S/C29H32Cl2N2O2S/c1-3-14-32-29(35)27(16-22-9-5-4-6-10-22)33(18-23-11-7-8-21(2)15-23)28(34)20-36-19-24-12-13-25(30)17-26(24)31/h4-13,15,17,27H,3,14,16,18-20H2,1-2H3,(H,32,35). The van der Waals surface area contributed by atoms with Gasteiger partial charge in [-0.25, -0.2) is 0 Å². The molecule has 4 nitrogen and oxygen atoms in total. The Morgan fingerprint density at radius 2 is 1.72 bits per heavy atom. The van der Waals surface area contributed by atoms with Crippen molar-refractivity contribution in [3.63, 3.8) is 0 Å². The number of halogens is 2. The Morgan fingerprint density at radius 1 is 0.972 bits per heavy atom. The Hall–Kier alpha value is -2.47. The van der Waals surface area contributed by atoms with Crippen molar-refractivity contribution in [1.29, 1.82) is 0 Å². The number of aryl methyl sites for hydroxylation is 1. The highest BCUT2D eigenvalue weighted by atomic mass is 35.5. The zero-order chi connectivity index (χ0) is 25.9. The molecule has 190 valence electrons. The average Bonchev–Trinajstić information content (AvgIpc) is 2.86. The number of benzene rings is 3. The van der Waals surface area contributed by atoms with Gasteiger partial charge in [-0.2, -0.15) is 0 Å². The maximum Gasteiger partial charge on any atom is 0.243 e. The predicted molar refractivity (Wildman–Crippen MR) is 152 cm³/mol. The lowest BCUT2D eigenvalue weighted by Crippen LogP contribution is -2.51. The van der Waals surface area contributed by atoms with Crippen molar-refractivity contribution in [2.24, 2.45) is 0 Å². The van der Waals surface area contributed by atoms with Crippen LogP contribution in [-0.2, 0) is 28.3 Å². The van der Waals surface area contributed by atoms with Crippen LogP contribution in [0.5, 0.6) is 0 Å². The minimum Gasteiger partial charge on any atom is -0.354 e. The normalized spacial score (nSPS) is 11.7. The molecule has 0 bridgehead atoms. The average molecular weight is 544 g/mol. The molecule has 0 heterocycles. The number of carbonyl (C=O) groups excluding carboxylic acids is 2. The number of hydrogen-bond donors (Lipinski definition) is 1. The third-order valence-corrected chi connectivity index (χ3v) is 7.31. The third kappa shape index (κ3) is 8.58. The summed E-state index contributed by atoms with van der Waals surface area (Å²) in [5.41, 5.74) is 4.04. The lowest BCUT2D eigenvalue weighted by molar-refractivity contribution is -0.139. The van der Waals surface area contributed by atoms with E-state index in [1.165, 1.54) is 11.8 Å². The Morgan fingerprint density at radius 3 is 2.42 bits per heavy atom. The second kappa shape index (κ2) is 14.3. The van der Waals surface area contributed by atoms with Crippen LogP contribution in [0, 0.1) is 6.92 Å². The van der Waals surface area contributed by atoms with Gasteiger partial charge in [0.05, 0.1) is 5.75 Å². The number of nitrogens with one attached hydrogen (secondary N) is 1. The van der Waals surface area contributed by atoms with Gasteiger partial charge in [0.15, 0.2) is 0 Å². The van der Waals surface area contributed by atoms with E-state index in [9.17, 15) is 9.59 Å². The molecular weight excluding hydrogens is 511 g/mol. The molecule has 0 radical (unpaired) electrons. The minimum atomic E-state index is -0.619. The number of rotatable bonds is 12. The summed E-state index contributed by atoms with van der Waals surface area (Å²) >= 11 is 13.8. The Bertz CT molecular complexity index is 1160. The van der Waals surface area contributed by atoms with Crippen molar-refractivity contribution >= 4 is 46.8 Å². The zero-order valence-electron chi connectivity index (χ0n) is 20.7. The highest BCUT2D eigenvalue weighted by Crippen LogP contribution is 2.25. The van der Waals surface area contributed by atoms with Crippen molar-refractivity contribution in [3.05, 3.63) is 105 Å². The number of hydrogen-bond acceptors (Lipinski definition) is 3. The van der Waals surface area contributed by atoms with E-state index in [0.29, 0.717) is 35.3 Å². The van der Waals surface area contributed by atoms with Crippen LogP contribution in [0.15, 0.2) is 72.8 Å². The van der Waals surface area contributed by atoms with Gasteiger partial charge in [0, 0.05) is 35.3 Å². The molecule has 1 atom stereocenters. The summed E-state index contributed by atoms with van der Waals surface area (Å²) in [6, 6.07) is 22.7. The van der Waals surface area contributed by atoms with E-state index in [0.717, 1.165) is 28.7 Å². The largest absolute Gasteiger partial charge is 0.354 e. The highest BCUT2D eigenvalue weighted by Gasteiger charge is 2.30. The van der Waals surface area contributed by atoms with Crippen LogP contribution in [0.2, 0.25) is 10.0 Å². The van der Waals surface area contributed by atoms with E-state index in [1.807, 2.05) is 68.4 Å². The molecule has 0 saturated heterocycles. The van der Waals surface area contributed by atoms with Gasteiger partial charge in [-0.05, 0) is 42.2 Å². The molecule has 0 aliphatic carbocycles. The number of carbonyl (C=O) groups is 2. The molecule has 36 heavy (non-hydrogen) atoms. The van der Waals surface area contributed by atoms with Gasteiger partial charge in [-0.1, -0.05) is 96.4 Å². The van der Waals surface area contributed by atoms with Crippen LogP contribution in [0.3, 0.4) is 0 Å². The summed E-state index contributed by atoms with van der Waals surface area (Å²) in [6.07, 6.45) is 1.27. The van der Waals surface area contributed by atoms with Crippen molar-refractivity contribution in [1.82, 2.24) is 10.2 Å². The first kappa shape index (κ1) is 28.1. The maximum atomic E-state index is 13.6. The molecule has 2 amide bonds. The second-order valence-electron chi connectivity index (χ2n) is 8.74. The second-order valence-corrected chi connectivity index (χ2v) is 10.6. The van der Waals surface area contributed by atoms with E-state index in [-0.39, 0.29) is 17.6 Å². The first-order valence-corrected chi connectivity index (χ1v) is 14.0. The fraction of sp³-hybridized carbons (Fsp3) is 0.310. The number of nitrogens with zero attached hydrogens (tertiary/aromatic N) is 1. The lowest BCUT2D eigenvalue weighted by Gasteiger charge is -2.31. The van der Waals surface area contributed by atoms with E-state index in [4.69, 9.17) is 23.2 Å². The van der Waals surface area contributed by atoms with Gasteiger partial charge in [0.1, 0.15) is 6.04 Å². The SMILES string of the molecule is CCCNC(=O)C(Cc1ccccc1)N(Cc1cccc(C)c1)C(=O)CSCc1ccc(Cl)cc1Cl. The van der Waals surface area contributed by atoms with Crippen LogP contribution < -0.4 is 5.32 Å². The molecule has 1 N–H and O–H groups in total. The summed E-state index contributed by atoms with van der Waals surface area (Å²) in [5.74, 6) is 0.592. The van der Waals surface area contributed by atoms with E-state index in [2.05, 4.69) is 11.4 Å². The number of amides is 2. The van der Waals surface area contributed by atoms with Gasteiger partial charge in [0.2, 0.25) is 11.8 Å². The van der Waals surface area contributed by atoms with Crippen LogP contribution in [0.1, 0.15) is 35.6 Å². The van der Waals surface area contributed by atoms with Crippen molar-refractivity contribution < 1.29 is 9.59 Å². The quantitative estimate of drug-likeness (QED) is 0.277. The molecular formula is C29H32Cl2N2O2S. The minimum absolute atomic E-state index is 0.0841. The summed E-state index contributed by atoms with van der Waals surface area (Å²) in [4.78, 5) is 28.7. The molecule has 0 aliphatic rings. The molecule has 0 aliphatic heterocycles. The fourth-order valence-corrected chi connectivity index (χ4v) is 5.37. The summed E-state index contributed by atoms with van der Waals surface area (Å²) in [6.45, 7) is 4.97. The molecule has 0 aromatic heterocycles. The Balaban J connectivity index is 1.84. The van der Waals surface area contributed by atoms with Crippen LogP contribution in [0.4, 0.5) is 0 Å². The maximum absolute atomic E-state index is 13.6. The van der Waals surface area contributed by atoms with Gasteiger partial charge < -0.3 is 10.2 Å². The molecule has 1 unspecified atom stereocenters. The smallest absolute Gasteiger partial charge is 0.243 e. The number of thioether (sulfide) groups is 1. The molecule has 0 spiro atoms. The molecule has 0 fully saturated rings. The topological polar surface area (TPSA) is 49.4 Å². The Kier molecular flexibility index (Phi) is 11.2. The van der Waals surface area contributed by atoms with E-state index < -0.39 is 6.04 Å². The zero-order valence-corrected chi connectivity index (χ0v) is 23.0. The molecule has 7 heteroatoms. The summed E-state index contributed by atoms with van der Waals surface area (Å²) in [7, 11) is 0. The molecule has 0 saturated carbocycles. The van der Waals surface area contributed by atoms with Crippen LogP contribution >= 0.6 is 35.0 Å². The van der Waals surface area contributed by atoms with Crippen molar-refractivity contribution in [2.75, 3.05) is 12.3 Å². The van der Waals surface area contributed by atoms with Crippen molar-refractivity contribution in [3.8, 4) is 0 Å². The van der Waals surface area contributed by atoms with Gasteiger partial charge in [-0.15, -0.1) is 11.8 Å². The molecule has 3 aromatic carbocycles. The van der Waals surface area contributed by atoms with E-state index >= 15 is 0 Å². The summed E-state index contributed by atoms with van der Waals surface area (Å²) < 4.78 is 0. The first-order valence-electron chi connectivity index (χ1n) is 12.1. The fourth-order valence-electron chi connectivity index (χ4n) is 3.90. The third-order valence-electron chi connectivity index (χ3n) is 5.75. The van der Waals surface area contributed by atoms with Crippen molar-refractivity contribution in [2.45, 2.75) is 45.0 Å². The van der Waals surface area contributed by atoms with Gasteiger partial charge >= 0.3 is 0 Å². The highest BCUT2D eigenvalue weighted by molar-refractivity contribution is 7.99. The first-order chi connectivity index (χ1) is 17.4.